The lowest BCUT2D eigenvalue weighted by Crippen LogP contribution is -2.13. The zero-order chi connectivity index (χ0) is 14.5. The fourth-order valence-corrected chi connectivity index (χ4v) is 3.80. The van der Waals surface area contributed by atoms with E-state index in [-0.39, 0.29) is 0 Å². The Hall–Kier alpha value is -0.710. The minimum atomic E-state index is 0.397. The molecule has 0 radical (unpaired) electrons. The van der Waals surface area contributed by atoms with Crippen molar-refractivity contribution in [1.82, 2.24) is 0 Å². The van der Waals surface area contributed by atoms with Crippen molar-refractivity contribution in [3.05, 3.63) is 33.3 Å². The lowest BCUT2D eigenvalue weighted by atomic mass is 9.77. The highest BCUT2D eigenvalue weighted by Crippen LogP contribution is 2.40. The third kappa shape index (κ3) is 3.68. The summed E-state index contributed by atoms with van der Waals surface area (Å²) in [5, 5.41) is 9.98. The van der Waals surface area contributed by atoms with E-state index in [1.165, 1.54) is 50.5 Å². The van der Waals surface area contributed by atoms with Gasteiger partial charge in [-0.1, -0.05) is 49.4 Å². The van der Waals surface area contributed by atoms with Gasteiger partial charge < -0.3 is 0 Å². The van der Waals surface area contributed by atoms with Crippen LogP contribution in [0.5, 0.6) is 0 Å². The first-order valence-corrected chi connectivity index (χ1v) is 8.30. The van der Waals surface area contributed by atoms with Gasteiger partial charge in [0.05, 0.1) is 15.6 Å². The third-order valence-corrected chi connectivity index (χ3v) is 5.06. The number of hydrogen-bond acceptors (Lipinski definition) is 1. The van der Waals surface area contributed by atoms with Crippen molar-refractivity contribution in [2.45, 2.75) is 57.8 Å². The molecular formula is C17H21Cl2N. The standard InChI is InChI=1S/C17H21Cl2N/c1-2-3-4-12-5-7-13(8-6-12)14-9-16(18)15(11-20)17(19)10-14/h9-10,12-13H,2-8H2,1H3. The number of benzene rings is 1. The molecule has 1 fully saturated rings. The number of unbranched alkanes of at least 4 members (excludes halogenated alkanes) is 1. The zero-order valence-electron chi connectivity index (χ0n) is 12.0. The second kappa shape index (κ2) is 7.34. The van der Waals surface area contributed by atoms with Crippen LogP contribution in [0, 0.1) is 17.2 Å². The van der Waals surface area contributed by atoms with Gasteiger partial charge in [-0.25, -0.2) is 0 Å². The predicted molar refractivity (Wildman–Crippen MR) is 85.4 cm³/mol. The fourth-order valence-electron chi connectivity index (χ4n) is 3.21. The van der Waals surface area contributed by atoms with E-state index in [0.29, 0.717) is 21.5 Å². The summed E-state index contributed by atoms with van der Waals surface area (Å²) in [6.07, 6.45) is 9.06. The summed E-state index contributed by atoms with van der Waals surface area (Å²) in [6.45, 7) is 2.26. The van der Waals surface area contributed by atoms with Crippen molar-refractivity contribution in [3.63, 3.8) is 0 Å². The molecule has 0 atom stereocenters. The van der Waals surface area contributed by atoms with Crippen LogP contribution in [0.1, 0.15) is 68.9 Å². The topological polar surface area (TPSA) is 23.8 Å². The van der Waals surface area contributed by atoms with Crippen LogP contribution in [-0.4, -0.2) is 0 Å². The van der Waals surface area contributed by atoms with Gasteiger partial charge in [0.15, 0.2) is 0 Å². The Kier molecular flexibility index (Phi) is 5.75. The summed E-state index contributed by atoms with van der Waals surface area (Å²) in [7, 11) is 0. The second-order valence-corrected chi connectivity index (χ2v) is 6.65. The molecule has 0 aromatic heterocycles. The number of rotatable bonds is 4. The molecule has 2 rings (SSSR count). The van der Waals surface area contributed by atoms with Gasteiger partial charge in [0, 0.05) is 0 Å². The quantitative estimate of drug-likeness (QED) is 0.637. The van der Waals surface area contributed by atoms with Gasteiger partial charge in [0.2, 0.25) is 0 Å². The van der Waals surface area contributed by atoms with Gasteiger partial charge in [-0.05, 0) is 55.2 Å². The number of nitrogens with zero attached hydrogens (tertiary/aromatic N) is 1. The first-order valence-electron chi connectivity index (χ1n) is 7.54. The molecule has 0 spiro atoms. The van der Waals surface area contributed by atoms with Gasteiger partial charge in [-0.3, -0.25) is 0 Å². The lowest BCUT2D eigenvalue weighted by Gasteiger charge is -2.29. The molecule has 1 aromatic carbocycles. The molecule has 108 valence electrons. The Labute approximate surface area is 131 Å². The van der Waals surface area contributed by atoms with Gasteiger partial charge in [0.25, 0.3) is 0 Å². The average molecular weight is 310 g/mol. The van der Waals surface area contributed by atoms with Crippen LogP contribution in [0.15, 0.2) is 12.1 Å². The van der Waals surface area contributed by atoms with Gasteiger partial charge >= 0.3 is 0 Å². The second-order valence-electron chi connectivity index (χ2n) is 5.83. The molecule has 0 aliphatic heterocycles. The Balaban J connectivity index is 2.02. The molecule has 3 heteroatoms. The highest BCUT2D eigenvalue weighted by Gasteiger charge is 2.23. The molecule has 20 heavy (non-hydrogen) atoms. The van der Waals surface area contributed by atoms with Gasteiger partial charge in [-0.15, -0.1) is 0 Å². The molecule has 1 aliphatic carbocycles. The maximum absolute atomic E-state index is 9.00. The van der Waals surface area contributed by atoms with Crippen molar-refractivity contribution in [2.75, 3.05) is 0 Å². The summed E-state index contributed by atoms with van der Waals surface area (Å²) in [5.74, 6) is 1.45. The molecule has 0 unspecified atom stereocenters. The van der Waals surface area contributed by atoms with Crippen LogP contribution in [-0.2, 0) is 0 Å². The fraction of sp³-hybridized carbons (Fsp3) is 0.588. The Morgan fingerprint density at radius 2 is 1.75 bits per heavy atom. The van der Waals surface area contributed by atoms with Gasteiger partial charge in [-0.2, -0.15) is 5.26 Å². The van der Waals surface area contributed by atoms with E-state index in [2.05, 4.69) is 13.0 Å². The molecule has 0 bridgehead atoms. The van der Waals surface area contributed by atoms with Crippen LogP contribution in [0.25, 0.3) is 0 Å². The minimum Gasteiger partial charge on any atom is -0.192 e. The van der Waals surface area contributed by atoms with Crippen molar-refractivity contribution < 1.29 is 0 Å². The zero-order valence-corrected chi connectivity index (χ0v) is 13.5. The van der Waals surface area contributed by atoms with E-state index in [9.17, 15) is 0 Å². The first-order chi connectivity index (χ1) is 9.65. The first kappa shape index (κ1) is 15.7. The smallest absolute Gasteiger partial charge is 0.102 e. The molecule has 0 amide bonds. The van der Waals surface area contributed by atoms with Crippen molar-refractivity contribution in [1.29, 1.82) is 5.26 Å². The van der Waals surface area contributed by atoms with Crippen LogP contribution >= 0.6 is 23.2 Å². The lowest BCUT2D eigenvalue weighted by molar-refractivity contribution is 0.304. The van der Waals surface area contributed by atoms with E-state index in [1.807, 2.05) is 12.1 Å². The molecule has 0 N–H and O–H groups in total. The van der Waals surface area contributed by atoms with Crippen LogP contribution in [0.2, 0.25) is 10.0 Å². The van der Waals surface area contributed by atoms with Crippen molar-refractivity contribution in [2.24, 2.45) is 5.92 Å². The molecule has 1 aliphatic rings. The van der Waals surface area contributed by atoms with Crippen LogP contribution in [0.3, 0.4) is 0 Å². The van der Waals surface area contributed by atoms with E-state index in [4.69, 9.17) is 28.5 Å². The maximum atomic E-state index is 9.00. The summed E-state index contributed by atoms with van der Waals surface area (Å²) >= 11 is 12.3. The van der Waals surface area contributed by atoms with Crippen LogP contribution < -0.4 is 0 Å². The summed E-state index contributed by atoms with van der Waals surface area (Å²) in [5.41, 5.74) is 1.60. The highest BCUT2D eigenvalue weighted by molar-refractivity contribution is 6.36. The maximum Gasteiger partial charge on any atom is 0.102 e. The molecule has 0 heterocycles. The molecule has 1 saturated carbocycles. The molecular weight excluding hydrogens is 289 g/mol. The van der Waals surface area contributed by atoms with Crippen molar-refractivity contribution in [3.8, 4) is 6.07 Å². The largest absolute Gasteiger partial charge is 0.192 e. The van der Waals surface area contributed by atoms with Crippen LogP contribution in [0.4, 0.5) is 0 Å². The van der Waals surface area contributed by atoms with E-state index < -0.39 is 0 Å². The number of hydrogen-bond donors (Lipinski definition) is 0. The molecule has 1 aromatic rings. The van der Waals surface area contributed by atoms with E-state index >= 15 is 0 Å². The Morgan fingerprint density at radius 1 is 1.15 bits per heavy atom. The summed E-state index contributed by atoms with van der Waals surface area (Å²) in [6, 6.07) is 5.93. The number of halogens is 2. The van der Waals surface area contributed by atoms with E-state index in [1.54, 1.807) is 0 Å². The number of nitriles is 1. The SMILES string of the molecule is CCCCC1CCC(c2cc(Cl)c(C#N)c(Cl)c2)CC1. The van der Waals surface area contributed by atoms with E-state index in [0.717, 1.165) is 5.92 Å². The highest BCUT2D eigenvalue weighted by atomic mass is 35.5. The van der Waals surface area contributed by atoms with Crippen molar-refractivity contribution >= 4 is 23.2 Å². The average Bonchev–Trinajstić information content (AvgIpc) is 2.45. The Morgan fingerprint density at radius 3 is 2.25 bits per heavy atom. The van der Waals surface area contributed by atoms with Gasteiger partial charge in [0.1, 0.15) is 6.07 Å². The Bertz CT molecular complexity index is 473. The molecule has 0 saturated heterocycles. The third-order valence-electron chi connectivity index (χ3n) is 4.46. The minimum absolute atomic E-state index is 0.397. The summed E-state index contributed by atoms with van der Waals surface area (Å²) in [4.78, 5) is 0. The molecule has 1 nitrogen and oxygen atoms in total. The predicted octanol–water partition coefficient (Wildman–Crippen LogP) is 6.33. The monoisotopic (exact) mass is 309 g/mol. The normalized spacial score (nSPS) is 22.5. The summed E-state index contributed by atoms with van der Waals surface area (Å²) < 4.78 is 0.